The van der Waals surface area contributed by atoms with Crippen LogP contribution in [0.3, 0.4) is 0 Å². The second-order valence-corrected chi connectivity index (χ2v) is 10.9. The Morgan fingerprint density at radius 3 is 2.17 bits per heavy atom. The van der Waals surface area contributed by atoms with Crippen LogP contribution in [0.5, 0.6) is 0 Å². The molecule has 1 amide bonds. The summed E-state index contributed by atoms with van der Waals surface area (Å²) in [5.74, 6) is -5.75. The number of azide groups is 1. The number of aliphatic carboxylic acids is 1. The van der Waals surface area contributed by atoms with Gasteiger partial charge in [0.1, 0.15) is 61.0 Å². The Labute approximate surface area is 260 Å². The largest absolute Gasteiger partial charge is 0.477 e. The third-order valence-electron chi connectivity index (χ3n) is 7.82. The molecule has 0 aromatic rings. The molecule has 0 aromatic heterocycles. The minimum absolute atomic E-state index is 0.735. The molecule has 3 saturated heterocycles. The summed E-state index contributed by atoms with van der Waals surface area (Å²) in [5.41, 5.74) is 8.56. The Kier molecular flexibility index (Phi) is 13.4. The highest BCUT2D eigenvalue weighted by molar-refractivity contribution is 5.76. The molecular formula is C24H40N4O18. The van der Waals surface area contributed by atoms with Gasteiger partial charge in [0.25, 0.3) is 5.79 Å². The lowest BCUT2D eigenvalue weighted by Crippen LogP contribution is -2.70. The maximum absolute atomic E-state index is 12.7. The van der Waals surface area contributed by atoms with Crippen molar-refractivity contribution in [3.05, 3.63) is 10.4 Å². The summed E-state index contributed by atoms with van der Waals surface area (Å²) in [6.45, 7) is -1.45. The van der Waals surface area contributed by atoms with Gasteiger partial charge in [-0.15, -0.1) is 0 Å². The number of carbonyl (C=O) groups is 2. The summed E-state index contributed by atoms with van der Waals surface area (Å²) in [7, 11) is 1.16. The molecule has 0 aromatic carbocycles. The highest BCUT2D eigenvalue weighted by Gasteiger charge is 2.60. The summed E-state index contributed by atoms with van der Waals surface area (Å²) in [4.78, 5) is 27.0. The van der Waals surface area contributed by atoms with Gasteiger partial charge in [-0.3, -0.25) is 4.79 Å². The van der Waals surface area contributed by atoms with E-state index in [0.717, 1.165) is 14.0 Å². The van der Waals surface area contributed by atoms with Gasteiger partial charge in [0, 0.05) is 25.4 Å². The van der Waals surface area contributed by atoms with Crippen molar-refractivity contribution in [2.45, 2.75) is 111 Å². The average molecular weight is 673 g/mol. The topological polar surface area (TPSA) is 353 Å². The molecule has 22 nitrogen and oxygen atoms in total. The number of hydrogen-bond donors (Lipinski definition) is 11. The van der Waals surface area contributed by atoms with Gasteiger partial charge in [0.05, 0.1) is 38.0 Å². The average Bonchev–Trinajstić information content (AvgIpc) is 3.02. The summed E-state index contributed by atoms with van der Waals surface area (Å²) >= 11 is 0. The molecule has 0 aliphatic carbocycles. The van der Waals surface area contributed by atoms with Crippen LogP contribution in [0.2, 0.25) is 0 Å². The zero-order chi connectivity index (χ0) is 34.5. The van der Waals surface area contributed by atoms with E-state index in [1.54, 1.807) is 0 Å². The molecule has 0 saturated carbocycles. The number of ether oxygens (including phenoxy) is 6. The van der Waals surface area contributed by atoms with Crippen LogP contribution in [0.25, 0.3) is 10.4 Å². The number of aliphatic hydroxyl groups is 9. The van der Waals surface area contributed by atoms with Gasteiger partial charge in [-0.2, -0.15) is 0 Å². The molecule has 0 spiro atoms. The highest BCUT2D eigenvalue weighted by atomic mass is 16.8. The summed E-state index contributed by atoms with van der Waals surface area (Å²) < 4.78 is 32.5. The van der Waals surface area contributed by atoms with E-state index >= 15 is 0 Å². The maximum atomic E-state index is 12.7. The number of carboxylic acid groups (broad SMARTS) is 1. The first kappa shape index (κ1) is 38.1. The lowest BCUT2D eigenvalue weighted by atomic mass is 9.88. The number of aliphatic hydroxyl groups excluding tert-OH is 9. The predicted molar refractivity (Wildman–Crippen MR) is 142 cm³/mol. The van der Waals surface area contributed by atoms with Crippen LogP contribution in [-0.2, 0) is 38.0 Å². The molecule has 46 heavy (non-hydrogen) atoms. The number of nitrogens with zero attached hydrogens (tertiary/aromatic N) is 3. The first-order chi connectivity index (χ1) is 21.7. The van der Waals surface area contributed by atoms with Crippen LogP contribution < -0.4 is 5.32 Å². The van der Waals surface area contributed by atoms with Gasteiger partial charge >= 0.3 is 5.97 Å². The Balaban J connectivity index is 1.95. The lowest BCUT2D eigenvalue weighted by molar-refractivity contribution is -0.385. The van der Waals surface area contributed by atoms with Crippen molar-refractivity contribution in [1.82, 2.24) is 5.32 Å². The lowest BCUT2D eigenvalue weighted by Gasteiger charge is -2.50. The van der Waals surface area contributed by atoms with E-state index in [4.69, 9.17) is 34.0 Å². The first-order valence-electron chi connectivity index (χ1n) is 14.0. The van der Waals surface area contributed by atoms with Crippen LogP contribution in [0, 0.1) is 0 Å². The minimum Gasteiger partial charge on any atom is -0.477 e. The van der Waals surface area contributed by atoms with Crippen molar-refractivity contribution < 1.29 is 89.1 Å². The SMILES string of the molecule is CO[C@@H]1O[C@H](CO)[C@@H](O[C@@H]2O[C@H](CO)[C@H](O)[C@H](O[C@]3(C(=O)O)C[C@H](O)[C@@H](NC(C)=O)[C@H]([C@H](O)[C@H](O)CN=[N+]=[N-])O3)[C@H]2O)[C@H](O)[C@H]1O. The fraction of sp³-hybridized carbons (Fsp3) is 0.917. The van der Waals surface area contributed by atoms with Crippen LogP contribution in [0.15, 0.2) is 5.11 Å². The highest BCUT2D eigenvalue weighted by Crippen LogP contribution is 2.38. The molecule has 3 aliphatic rings. The number of rotatable bonds is 13. The third kappa shape index (κ3) is 8.02. The Hall–Kier alpha value is -2.35. The second kappa shape index (κ2) is 16.2. The van der Waals surface area contributed by atoms with Crippen molar-refractivity contribution in [2.75, 3.05) is 26.9 Å². The number of nitrogens with one attached hydrogen (secondary N) is 1. The van der Waals surface area contributed by atoms with E-state index in [1.807, 2.05) is 0 Å². The van der Waals surface area contributed by atoms with E-state index in [1.165, 1.54) is 0 Å². The molecule has 3 aliphatic heterocycles. The zero-order valence-electron chi connectivity index (χ0n) is 24.6. The third-order valence-corrected chi connectivity index (χ3v) is 7.82. The summed E-state index contributed by atoms with van der Waals surface area (Å²) in [5, 5.41) is 110. The van der Waals surface area contributed by atoms with Crippen LogP contribution in [0.4, 0.5) is 0 Å². The fourth-order valence-electron chi connectivity index (χ4n) is 5.46. The van der Waals surface area contributed by atoms with Crippen molar-refractivity contribution in [1.29, 1.82) is 0 Å². The van der Waals surface area contributed by atoms with Crippen molar-refractivity contribution in [3.8, 4) is 0 Å². The minimum atomic E-state index is -3.03. The van der Waals surface area contributed by atoms with Gasteiger partial charge in [0.2, 0.25) is 5.91 Å². The standard InChI is InChI=1S/C24H40N4O18/c1-7(31)27-12-8(32)3-24(23(39)40,45-19(12)13(34)9(33)4-26-28-25)46-20-14(35)10(5-29)42-22(17(20)38)44-18-11(6-30)43-21(41-2)16(37)15(18)36/h8-22,29-30,32-38H,3-6H2,1-2H3,(H,27,31)(H,39,40)/t8-,9+,10+,11+,12+,13+,14-,15+,16+,17+,18+,19+,20-,21+,22-,24-/m0/s1. The Morgan fingerprint density at radius 2 is 1.63 bits per heavy atom. The van der Waals surface area contributed by atoms with E-state index in [9.17, 15) is 60.7 Å². The van der Waals surface area contributed by atoms with E-state index in [0.29, 0.717) is 0 Å². The van der Waals surface area contributed by atoms with Crippen LogP contribution in [-0.4, -0.2) is 187 Å². The molecule has 0 bridgehead atoms. The monoisotopic (exact) mass is 672 g/mol. The van der Waals surface area contributed by atoms with Crippen molar-refractivity contribution >= 4 is 11.9 Å². The first-order valence-corrected chi connectivity index (χ1v) is 14.0. The molecule has 16 atom stereocenters. The van der Waals surface area contributed by atoms with E-state index in [2.05, 4.69) is 15.3 Å². The van der Waals surface area contributed by atoms with Gasteiger partial charge in [-0.25, -0.2) is 4.79 Å². The van der Waals surface area contributed by atoms with E-state index < -0.39 is 136 Å². The van der Waals surface area contributed by atoms with Crippen molar-refractivity contribution in [3.63, 3.8) is 0 Å². The molecule has 22 heteroatoms. The zero-order valence-corrected chi connectivity index (χ0v) is 24.6. The fourth-order valence-corrected chi connectivity index (χ4v) is 5.46. The number of methoxy groups -OCH3 is 1. The number of hydrogen-bond acceptors (Lipinski definition) is 18. The quantitative estimate of drug-likeness (QED) is 0.0492. The molecule has 3 heterocycles. The molecular weight excluding hydrogens is 632 g/mol. The molecule has 11 N–H and O–H groups in total. The summed E-state index contributed by atoms with van der Waals surface area (Å²) in [6, 6.07) is -1.55. The number of amides is 1. The van der Waals surface area contributed by atoms with Gasteiger partial charge < -0.3 is 84.8 Å². The van der Waals surface area contributed by atoms with Crippen LogP contribution in [0.1, 0.15) is 13.3 Å². The Morgan fingerprint density at radius 1 is 1.00 bits per heavy atom. The smallest absolute Gasteiger partial charge is 0.364 e. The maximum Gasteiger partial charge on any atom is 0.364 e. The Bertz CT molecular complexity index is 1080. The summed E-state index contributed by atoms with van der Waals surface area (Å²) in [6.07, 6.45) is -26.6. The predicted octanol–water partition coefficient (Wildman–Crippen LogP) is -6.25. The molecule has 0 unspecified atom stereocenters. The molecule has 3 rings (SSSR count). The second-order valence-electron chi connectivity index (χ2n) is 10.9. The number of carboxylic acids is 1. The normalized spacial score (nSPS) is 42.8. The van der Waals surface area contributed by atoms with Gasteiger partial charge in [-0.05, 0) is 5.53 Å². The van der Waals surface area contributed by atoms with E-state index in [-0.39, 0.29) is 0 Å². The van der Waals surface area contributed by atoms with Crippen molar-refractivity contribution in [2.24, 2.45) is 5.11 Å². The molecule has 3 fully saturated rings. The van der Waals surface area contributed by atoms with Gasteiger partial charge in [-0.1, -0.05) is 5.11 Å². The van der Waals surface area contributed by atoms with Gasteiger partial charge in [0.15, 0.2) is 12.6 Å². The molecule has 264 valence electrons. The van der Waals surface area contributed by atoms with Crippen LogP contribution >= 0.6 is 0 Å². The molecule has 0 radical (unpaired) electrons. The number of carbonyl (C=O) groups excluding carboxylic acids is 1.